The number of carbonyl (C=O) groups is 1. The van der Waals surface area contributed by atoms with Gasteiger partial charge in [0.1, 0.15) is 11.6 Å². The highest BCUT2D eigenvalue weighted by atomic mass is 19.1. The number of hydrogen-bond donors (Lipinski definition) is 1. The minimum atomic E-state index is -0.745. The molecule has 0 saturated carbocycles. The summed E-state index contributed by atoms with van der Waals surface area (Å²) in [5.41, 5.74) is 4.75. The van der Waals surface area contributed by atoms with Crippen molar-refractivity contribution in [1.82, 2.24) is 5.32 Å². The van der Waals surface area contributed by atoms with Gasteiger partial charge in [-0.3, -0.25) is 0 Å². The van der Waals surface area contributed by atoms with Gasteiger partial charge < -0.3 is 14.8 Å². The van der Waals surface area contributed by atoms with Crippen molar-refractivity contribution in [3.63, 3.8) is 0 Å². The van der Waals surface area contributed by atoms with Crippen LogP contribution in [0.3, 0.4) is 0 Å². The first-order valence-corrected chi connectivity index (χ1v) is 10.7. The van der Waals surface area contributed by atoms with Crippen molar-refractivity contribution < 1.29 is 18.7 Å². The van der Waals surface area contributed by atoms with Crippen molar-refractivity contribution in [3.8, 4) is 0 Å². The van der Waals surface area contributed by atoms with E-state index in [9.17, 15) is 9.18 Å². The Morgan fingerprint density at radius 1 is 0.968 bits per heavy atom. The number of allylic oxidation sites excluding steroid dienone is 3. The maximum atomic E-state index is 13.7. The van der Waals surface area contributed by atoms with Crippen molar-refractivity contribution >= 4 is 11.7 Å². The fraction of sp³-hybridized carbons (Fsp3) is 0.346. The summed E-state index contributed by atoms with van der Waals surface area (Å²) >= 11 is 0. The second-order valence-corrected chi connectivity index (χ2v) is 8.18. The lowest BCUT2D eigenvalue weighted by molar-refractivity contribution is 0.0771. The highest BCUT2D eigenvalue weighted by Gasteiger charge is 2.36. The van der Waals surface area contributed by atoms with E-state index in [0.29, 0.717) is 5.76 Å². The van der Waals surface area contributed by atoms with Crippen LogP contribution in [0.4, 0.5) is 9.18 Å². The van der Waals surface area contributed by atoms with E-state index in [-0.39, 0.29) is 30.2 Å². The second-order valence-electron chi connectivity index (χ2n) is 8.18. The lowest BCUT2D eigenvalue weighted by atomic mass is 9.78. The Balaban J connectivity index is 2.28. The molecule has 31 heavy (non-hydrogen) atoms. The minimum Gasteiger partial charge on any atom is -0.434 e. The second kappa shape index (κ2) is 9.82. The summed E-state index contributed by atoms with van der Waals surface area (Å²) in [6.45, 7) is 10.3. The Kier molecular flexibility index (Phi) is 7.16. The molecule has 4 nitrogen and oxygen atoms in total. The molecule has 0 bridgehead atoms. The highest BCUT2D eigenvalue weighted by Crippen LogP contribution is 2.46. The molecule has 3 rings (SSSR count). The van der Waals surface area contributed by atoms with E-state index in [0.717, 1.165) is 28.1 Å². The standard InChI is InChI=1S/C26H30FNO3/c1-6-30-26(29)31-25-22(19-12-14-20(27)15-13-19)21(18-10-8-7-9-11-18)23(16(2)3)28-24(25)17(4)5/h7-17,22,28H,6H2,1-5H3. The normalized spacial score (nSPS) is 16.6. The number of benzene rings is 2. The zero-order valence-corrected chi connectivity index (χ0v) is 18.7. The lowest BCUT2D eigenvalue weighted by Gasteiger charge is -2.36. The molecule has 2 aromatic rings. The van der Waals surface area contributed by atoms with Crippen LogP contribution >= 0.6 is 0 Å². The van der Waals surface area contributed by atoms with Crippen LogP contribution in [0.2, 0.25) is 0 Å². The predicted octanol–water partition coefficient (Wildman–Crippen LogP) is 6.62. The van der Waals surface area contributed by atoms with E-state index < -0.39 is 6.16 Å². The van der Waals surface area contributed by atoms with Crippen LogP contribution in [-0.2, 0) is 9.47 Å². The van der Waals surface area contributed by atoms with Crippen molar-refractivity contribution in [1.29, 1.82) is 0 Å². The van der Waals surface area contributed by atoms with Crippen LogP contribution in [0, 0.1) is 17.7 Å². The Labute approximate surface area is 183 Å². The Bertz CT molecular complexity index is 975. The highest BCUT2D eigenvalue weighted by molar-refractivity contribution is 5.80. The molecule has 164 valence electrons. The van der Waals surface area contributed by atoms with Crippen LogP contribution in [0.5, 0.6) is 0 Å². The summed E-state index contributed by atoms with van der Waals surface area (Å²) in [5, 5.41) is 3.56. The number of ether oxygens (including phenoxy) is 2. The van der Waals surface area contributed by atoms with Gasteiger partial charge in [-0.05, 0) is 47.6 Å². The summed E-state index contributed by atoms with van der Waals surface area (Å²) in [4.78, 5) is 12.4. The number of nitrogens with one attached hydrogen (secondary N) is 1. The van der Waals surface area contributed by atoms with Crippen LogP contribution in [0.15, 0.2) is 71.8 Å². The van der Waals surface area contributed by atoms with Gasteiger partial charge in [-0.1, -0.05) is 70.2 Å². The van der Waals surface area contributed by atoms with Gasteiger partial charge in [-0.15, -0.1) is 0 Å². The van der Waals surface area contributed by atoms with Gasteiger partial charge in [0, 0.05) is 5.70 Å². The van der Waals surface area contributed by atoms with Gasteiger partial charge in [-0.2, -0.15) is 0 Å². The number of halogens is 1. The number of carbonyl (C=O) groups excluding carboxylic acids is 1. The molecule has 1 aliphatic heterocycles. The van der Waals surface area contributed by atoms with Gasteiger partial charge in [0.2, 0.25) is 0 Å². The average molecular weight is 424 g/mol. The zero-order valence-electron chi connectivity index (χ0n) is 18.7. The number of hydrogen-bond acceptors (Lipinski definition) is 4. The van der Waals surface area contributed by atoms with Crippen LogP contribution < -0.4 is 5.32 Å². The van der Waals surface area contributed by atoms with Crippen molar-refractivity contribution in [2.45, 2.75) is 40.5 Å². The van der Waals surface area contributed by atoms with E-state index in [2.05, 4.69) is 19.2 Å². The third-order valence-electron chi connectivity index (χ3n) is 5.27. The fourth-order valence-electron chi connectivity index (χ4n) is 3.86. The Hall–Kier alpha value is -3.08. The lowest BCUT2D eigenvalue weighted by Crippen LogP contribution is -2.32. The molecule has 5 heteroatoms. The molecule has 0 spiro atoms. The molecule has 0 saturated heterocycles. The quantitative estimate of drug-likeness (QED) is 0.530. The van der Waals surface area contributed by atoms with Gasteiger partial charge in [0.05, 0.1) is 18.2 Å². The van der Waals surface area contributed by atoms with Crippen LogP contribution in [0.25, 0.3) is 5.57 Å². The first-order valence-electron chi connectivity index (χ1n) is 10.7. The third-order valence-corrected chi connectivity index (χ3v) is 5.27. The maximum Gasteiger partial charge on any atom is 0.513 e. The summed E-state index contributed by atoms with van der Waals surface area (Å²) in [6.07, 6.45) is -0.745. The molecule has 0 aromatic heterocycles. The average Bonchev–Trinajstić information content (AvgIpc) is 2.74. The largest absolute Gasteiger partial charge is 0.513 e. The van der Waals surface area contributed by atoms with Gasteiger partial charge >= 0.3 is 6.16 Å². The molecule has 0 fully saturated rings. The number of rotatable bonds is 6. The monoisotopic (exact) mass is 423 g/mol. The molecule has 2 aromatic carbocycles. The van der Waals surface area contributed by atoms with Gasteiger partial charge in [-0.25, -0.2) is 9.18 Å². The summed E-state index contributed by atoms with van der Waals surface area (Å²) in [5.74, 6) is 0.0502. The van der Waals surface area contributed by atoms with Crippen molar-refractivity contribution in [2.24, 2.45) is 11.8 Å². The molecule has 1 aliphatic rings. The van der Waals surface area contributed by atoms with Gasteiger partial charge in [0.15, 0.2) is 0 Å². The van der Waals surface area contributed by atoms with E-state index >= 15 is 0 Å². The number of dihydropyridines is 1. The van der Waals surface area contributed by atoms with Crippen LogP contribution in [0.1, 0.15) is 51.7 Å². The molecule has 0 aliphatic carbocycles. The first-order chi connectivity index (χ1) is 14.8. The van der Waals surface area contributed by atoms with Crippen molar-refractivity contribution in [2.75, 3.05) is 6.61 Å². The summed E-state index contributed by atoms with van der Waals surface area (Å²) in [7, 11) is 0. The summed E-state index contributed by atoms with van der Waals surface area (Å²) in [6, 6.07) is 16.4. The zero-order chi connectivity index (χ0) is 22.5. The maximum absolute atomic E-state index is 13.7. The molecule has 0 radical (unpaired) electrons. The Morgan fingerprint density at radius 2 is 1.58 bits per heavy atom. The van der Waals surface area contributed by atoms with E-state index in [1.54, 1.807) is 19.1 Å². The molecule has 0 amide bonds. The molecule has 1 unspecified atom stereocenters. The molecule has 1 atom stereocenters. The topological polar surface area (TPSA) is 47.6 Å². The van der Waals surface area contributed by atoms with E-state index in [1.807, 2.05) is 44.2 Å². The fourth-order valence-corrected chi connectivity index (χ4v) is 3.86. The smallest absolute Gasteiger partial charge is 0.434 e. The molecule has 1 heterocycles. The van der Waals surface area contributed by atoms with Crippen LogP contribution in [-0.4, -0.2) is 12.8 Å². The van der Waals surface area contributed by atoms with E-state index in [4.69, 9.17) is 9.47 Å². The third kappa shape index (κ3) is 4.98. The van der Waals surface area contributed by atoms with Gasteiger partial charge in [0.25, 0.3) is 0 Å². The molecular formula is C26H30FNO3. The first kappa shape index (κ1) is 22.6. The van der Waals surface area contributed by atoms with Crippen molar-refractivity contribution in [3.05, 3.63) is 88.7 Å². The Morgan fingerprint density at radius 3 is 2.13 bits per heavy atom. The minimum absolute atomic E-state index is 0.0680. The van der Waals surface area contributed by atoms with E-state index in [1.165, 1.54) is 12.1 Å². The molecular weight excluding hydrogens is 393 g/mol. The SMILES string of the molecule is CCOC(=O)OC1=C(C(C)C)NC(C(C)C)=C(c2ccccc2)C1c1ccc(F)cc1. The summed E-state index contributed by atoms with van der Waals surface area (Å²) < 4.78 is 24.7. The predicted molar refractivity (Wildman–Crippen MR) is 120 cm³/mol. The molecule has 1 N–H and O–H groups in total.